The third-order valence-corrected chi connectivity index (χ3v) is 2.02. The van der Waals surface area contributed by atoms with Crippen LogP contribution in [0.4, 0.5) is 4.79 Å². The van der Waals surface area contributed by atoms with Crippen LogP contribution in [0.5, 0.6) is 0 Å². The molecule has 0 spiro atoms. The van der Waals surface area contributed by atoms with Crippen molar-refractivity contribution in [2.45, 2.75) is 19.2 Å². The number of ether oxygens (including phenoxy) is 1. The number of urea groups is 1. The molecule has 5 nitrogen and oxygen atoms in total. The fourth-order valence-corrected chi connectivity index (χ4v) is 0.943. The number of nitrogens with one attached hydrogen (secondary N) is 1. The van der Waals surface area contributed by atoms with Gasteiger partial charge < -0.3 is 9.64 Å². The van der Waals surface area contributed by atoms with Gasteiger partial charge in [-0.1, -0.05) is 0 Å². The van der Waals surface area contributed by atoms with E-state index in [0.29, 0.717) is 19.7 Å². The SMILES string of the molecule is CCN(CCOC)C(=O)NC(=O)C(C)Cl. The number of amides is 3. The number of rotatable bonds is 5. The molecule has 0 aromatic rings. The molecule has 0 saturated carbocycles. The minimum Gasteiger partial charge on any atom is -0.383 e. The van der Waals surface area contributed by atoms with E-state index >= 15 is 0 Å². The Bertz CT molecular complexity index is 221. The van der Waals surface area contributed by atoms with Gasteiger partial charge in [0.05, 0.1) is 6.61 Å². The molecule has 0 aliphatic carbocycles. The van der Waals surface area contributed by atoms with E-state index in [1.807, 2.05) is 6.92 Å². The Morgan fingerprint density at radius 2 is 2.13 bits per heavy atom. The maximum atomic E-state index is 11.5. The highest BCUT2D eigenvalue weighted by molar-refractivity contribution is 6.31. The number of alkyl halides is 1. The average Bonchev–Trinajstić information content (AvgIpc) is 2.18. The second-order valence-electron chi connectivity index (χ2n) is 2.98. The van der Waals surface area contributed by atoms with Crippen molar-refractivity contribution in [2.24, 2.45) is 0 Å². The summed E-state index contributed by atoms with van der Waals surface area (Å²) in [6, 6.07) is -0.438. The van der Waals surface area contributed by atoms with Gasteiger partial charge in [-0.3, -0.25) is 10.1 Å². The summed E-state index contributed by atoms with van der Waals surface area (Å²) in [5.74, 6) is -0.488. The molecule has 88 valence electrons. The third kappa shape index (κ3) is 5.59. The summed E-state index contributed by atoms with van der Waals surface area (Å²) >= 11 is 5.52. The van der Waals surface area contributed by atoms with E-state index in [0.717, 1.165) is 0 Å². The van der Waals surface area contributed by atoms with Gasteiger partial charge in [-0.25, -0.2) is 4.79 Å². The van der Waals surface area contributed by atoms with Crippen molar-refractivity contribution in [3.8, 4) is 0 Å². The Hall–Kier alpha value is -0.810. The van der Waals surface area contributed by atoms with Gasteiger partial charge in [-0.2, -0.15) is 0 Å². The zero-order chi connectivity index (χ0) is 11.8. The Morgan fingerprint density at radius 1 is 1.53 bits per heavy atom. The first-order chi connectivity index (χ1) is 7.02. The number of carbonyl (C=O) groups is 2. The standard InChI is InChI=1S/C9H17ClN2O3/c1-4-12(5-6-15-3)9(14)11-8(13)7(2)10/h7H,4-6H2,1-3H3,(H,11,13,14). The molecule has 0 heterocycles. The fourth-order valence-electron chi connectivity index (χ4n) is 0.889. The van der Waals surface area contributed by atoms with E-state index in [1.165, 1.54) is 11.8 Å². The molecule has 0 aliphatic heterocycles. The summed E-state index contributed by atoms with van der Waals surface area (Å²) in [5.41, 5.74) is 0. The van der Waals surface area contributed by atoms with Gasteiger partial charge in [0.25, 0.3) is 0 Å². The lowest BCUT2D eigenvalue weighted by Crippen LogP contribution is -2.46. The molecule has 1 atom stereocenters. The Balaban J connectivity index is 4.09. The number of likely N-dealkylation sites (N-methyl/N-ethyl adjacent to an activating group) is 1. The topological polar surface area (TPSA) is 58.6 Å². The highest BCUT2D eigenvalue weighted by Gasteiger charge is 2.17. The molecule has 15 heavy (non-hydrogen) atoms. The molecule has 0 aromatic carbocycles. The fraction of sp³-hybridized carbons (Fsp3) is 0.778. The zero-order valence-corrected chi connectivity index (χ0v) is 10.0. The van der Waals surface area contributed by atoms with E-state index in [9.17, 15) is 9.59 Å². The smallest absolute Gasteiger partial charge is 0.324 e. The number of hydrogen-bond donors (Lipinski definition) is 1. The van der Waals surface area contributed by atoms with Crippen LogP contribution in [0, 0.1) is 0 Å². The number of methoxy groups -OCH3 is 1. The molecule has 0 saturated heterocycles. The highest BCUT2D eigenvalue weighted by atomic mass is 35.5. The van der Waals surface area contributed by atoms with Gasteiger partial charge in [-0.15, -0.1) is 11.6 Å². The molecule has 0 fully saturated rings. The van der Waals surface area contributed by atoms with E-state index in [4.69, 9.17) is 16.3 Å². The van der Waals surface area contributed by atoms with Gasteiger partial charge in [-0.05, 0) is 13.8 Å². The molecule has 0 radical (unpaired) electrons. The first-order valence-electron chi connectivity index (χ1n) is 4.75. The first kappa shape index (κ1) is 14.2. The molecule has 6 heteroatoms. The average molecular weight is 237 g/mol. The molecule has 0 rings (SSSR count). The predicted octanol–water partition coefficient (Wildman–Crippen LogP) is 0.818. The zero-order valence-electron chi connectivity index (χ0n) is 9.25. The summed E-state index contributed by atoms with van der Waals surface area (Å²) in [6.45, 7) is 4.73. The minimum absolute atomic E-state index is 0.436. The molecule has 0 aliphatic rings. The molecule has 0 aromatic heterocycles. The second kappa shape index (κ2) is 7.48. The first-order valence-corrected chi connectivity index (χ1v) is 5.19. The van der Waals surface area contributed by atoms with Gasteiger partial charge in [0, 0.05) is 20.2 Å². The minimum atomic E-state index is -0.713. The van der Waals surface area contributed by atoms with Crippen molar-refractivity contribution >= 4 is 23.5 Å². The van der Waals surface area contributed by atoms with Gasteiger partial charge in [0.1, 0.15) is 5.38 Å². The number of carbonyl (C=O) groups excluding carboxylic acids is 2. The lowest BCUT2D eigenvalue weighted by Gasteiger charge is -2.20. The summed E-state index contributed by atoms with van der Waals surface area (Å²) < 4.78 is 4.84. The second-order valence-corrected chi connectivity index (χ2v) is 3.64. The maximum Gasteiger partial charge on any atom is 0.324 e. The lowest BCUT2D eigenvalue weighted by molar-refractivity contribution is -0.119. The molecule has 3 amide bonds. The van der Waals surface area contributed by atoms with Crippen LogP contribution in [0.2, 0.25) is 0 Å². The predicted molar refractivity (Wildman–Crippen MR) is 58.0 cm³/mol. The molecule has 0 bridgehead atoms. The van der Waals surface area contributed by atoms with Gasteiger partial charge in [0.2, 0.25) is 5.91 Å². The molecular weight excluding hydrogens is 220 g/mol. The number of halogens is 1. The Morgan fingerprint density at radius 3 is 2.53 bits per heavy atom. The summed E-state index contributed by atoms with van der Waals surface area (Å²) in [6.07, 6.45) is 0. The third-order valence-electron chi connectivity index (χ3n) is 1.83. The molecular formula is C9H17ClN2O3. The summed E-state index contributed by atoms with van der Waals surface area (Å²) in [4.78, 5) is 24.1. The van der Waals surface area contributed by atoms with Crippen LogP contribution < -0.4 is 5.32 Å². The van der Waals surface area contributed by atoms with E-state index in [1.54, 1.807) is 7.11 Å². The van der Waals surface area contributed by atoms with Gasteiger partial charge >= 0.3 is 6.03 Å². The van der Waals surface area contributed by atoms with E-state index in [2.05, 4.69) is 5.32 Å². The summed E-state index contributed by atoms with van der Waals surface area (Å²) in [7, 11) is 1.55. The van der Waals surface area contributed by atoms with Crippen molar-refractivity contribution in [2.75, 3.05) is 26.8 Å². The summed E-state index contributed by atoms with van der Waals surface area (Å²) in [5, 5.41) is 1.49. The van der Waals surface area contributed by atoms with E-state index in [-0.39, 0.29) is 0 Å². The van der Waals surface area contributed by atoms with E-state index < -0.39 is 17.3 Å². The molecule has 1 unspecified atom stereocenters. The largest absolute Gasteiger partial charge is 0.383 e. The highest BCUT2D eigenvalue weighted by Crippen LogP contribution is 1.95. The van der Waals surface area contributed by atoms with Crippen molar-refractivity contribution < 1.29 is 14.3 Å². The lowest BCUT2D eigenvalue weighted by atomic mass is 10.4. The van der Waals surface area contributed by atoms with Crippen molar-refractivity contribution in [1.82, 2.24) is 10.2 Å². The van der Waals surface area contributed by atoms with Crippen LogP contribution in [0.1, 0.15) is 13.8 Å². The number of nitrogens with zero attached hydrogens (tertiary/aromatic N) is 1. The number of imide groups is 1. The van der Waals surface area contributed by atoms with Crippen molar-refractivity contribution in [1.29, 1.82) is 0 Å². The van der Waals surface area contributed by atoms with Crippen LogP contribution in [-0.4, -0.2) is 49.0 Å². The van der Waals surface area contributed by atoms with Crippen LogP contribution in [0.15, 0.2) is 0 Å². The van der Waals surface area contributed by atoms with Crippen LogP contribution in [-0.2, 0) is 9.53 Å². The molecule has 1 N–H and O–H groups in total. The monoisotopic (exact) mass is 236 g/mol. The quantitative estimate of drug-likeness (QED) is 0.719. The van der Waals surface area contributed by atoms with Crippen molar-refractivity contribution in [3.63, 3.8) is 0 Å². The Kier molecular flexibility index (Phi) is 7.07. The van der Waals surface area contributed by atoms with Crippen LogP contribution in [0.3, 0.4) is 0 Å². The Labute approximate surface area is 94.7 Å². The maximum absolute atomic E-state index is 11.5. The van der Waals surface area contributed by atoms with Crippen molar-refractivity contribution in [3.05, 3.63) is 0 Å². The van der Waals surface area contributed by atoms with Crippen LogP contribution >= 0.6 is 11.6 Å². The van der Waals surface area contributed by atoms with Gasteiger partial charge in [0.15, 0.2) is 0 Å². The number of hydrogen-bond acceptors (Lipinski definition) is 3. The normalized spacial score (nSPS) is 12.0. The van der Waals surface area contributed by atoms with Crippen LogP contribution in [0.25, 0.3) is 0 Å².